The summed E-state index contributed by atoms with van der Waals surface area (Å²) in [4.78, 5) is 33.6. The van der Waals surface area contributed by atoms with E-state index in [4.69, 9.17) is 9.52 Å². The number of amides is 2. The molecule has 2 atom stereocenters. The maximum atomic E-state index is 11.5. The van der Waals surface area contributed by atoms with Crippen molar-refractivity contribution in [3.8, 4) is 0 Å². The van der Waals surface area contributed by atoms with Crippen LogP contribution in [0.5, 0.6) is 0 Å². The minimum absolute atomic E-state index is 0.0842. The number of nitrogens with one attached hydrogen (secondary N) is 2. The predicted molar refractivity (Wildman–Crippen MR) is 60.9 cm³/mol. The van der Waals surface area contributed by atoms with Gasteiger partial charge in [0, 0.05) is 0 Å². The van der Waals surface area contributed by atoms with Gasteiger partial charge in [-0.05, 0) is 26.0 Å². The van der Waals surface area contributed by atoms with Crippen LogP contribution >= 0.6 is 0 Å². The maximum Gasteiger partial charge on any atom is 0.325 e. The minimum Gasteiger partial charge on any atom is -0.480 e. The van der Waals surface area contributed by atoms with Crippen molar-refractivity contribution in [1.82, 2.24) is 10.6 Å². The molecular formula is C11H14N2O5. The number of carboxylic acid groups (broad SMARTS) is 1. The first-order chi connectivity index (χ1) is 8.41. The third-order valence-electron chi connectivity index (χ3n) is 2.22. The SMILES string of the molecule is CC(NC(=O)c1ccco1)C(=O)N[C@@H](C)C(=O)O. The highest BCUT2D eigenvalue weighted by Crippen LogP contribution is 2.00. The van der Waals surface area contributed by atoms with E-state index in [1.54, 1.807) is 6.07 Å². The zero-order chi connectivity index (χ0) is 13.7. The highest BCUT2D eigenvalue weighted by molar-refractivity contribution is 5.96. The molecule has 0 aliphatic carbocycles. The first-order valence-corrected chi connectivity index (χ1v) is 5.29. The average Bonchev–Trinajstić information content (AvgIpc) is 2.81. The highest BCUT2D eigenvalue weighted by Gasteiger charge is 2.21. The molecule has 18 heavy (non-hydrogen) atoms. The summed E-state index contributed by atoms with van der Waals surface area (Å²) in [7, 11) is 0. The third kappa shape index (κ3) is 3.62. The quantitative estimate of drug-likeness (QED) is 0.684. The first-order valence-electron chi connectivity index (χ1n) is 5.29. The van der Waals surface area contributed by atoms with Crippen molar-refractivity contribution in [3.05, 3.63) is 24.2 Å². The van der Waals surface area contributed by atoms with Crippen molar-refractivity contribution < 1.29 is 23.9 Å². The predicted octanol–water partition coefficient (Wildman–Crippen LogP) is -0.0128. The fourth-order valence-corrected chi connectivity index (χ4v) is 1.14. The average molecular weight is 254 g/mol. The summed E-state index contributed by atoms with van der Waals surface area (Å²) in [6.07, 6.45) is 1.34. The number of rotatable bonds is 5. The lowest BCUT2D eigenvalue weighted by molar-refractivity contribution is -0.141. The van der Waals surface area contributed by atoms with E-state index in [0.717, 1.165) is 0 Å². The standard InChI is InChI=1S/C11H14N2O5/c1-6(9(14)13-7(2)11(16)17)12-10(15)8-4-3-5-18-8/h3-7H,1-2H3,(H,12,15)(H,13,14)(H,16,17)/t6?,7-/m0/s1. The van der Waals surface area contributed by atoms with Crippen molar-refractivity contribution >= 4 is 17.8 Å². The summed E-state index contributed by atoms with van der Waals surface area (Å²) >= 11 is 0. The van der Waals surface area contributed by atoms with Crippen LogP contribution in [0, 0.1) is 0 Å². The lowest BCUT2D eigenvalue weighted by atomic mass is 10.2. The van der Waals surface area contributed by atoms with E-state index in [9.17, 15) is 14.4 Å². The molecule has 1 rings (SSSR count). The van der Waals surface area contributed by atoms with Gasteiger partial charge in [-0.3, -0.25) is 14.4 Å². The third-order valence-corrected chi connectivity index (χ3v) is 2.22. The van der Waals surface area contributed by atoms with Crippen molar-refractivity contribution in [3.63, 3.8) is 0 Å². The first kappa shape index (κ1) is 13.8. The molecule has 1 heterocycles. The molecule has 98 valence electrons. The molecule has 0 bridgehead atoms. The summed E-state index contributed by atoms with van der Waals surface area (Å²) in [5.41, 5.74) is 0. The van der Waals surface area contributed by atoms with Gasteiger partial charge in [0.25, 0.3) is 5.91 Å². The van der Waals surface area contributed by atoms with Gasteiger partial charge >= 0.3 is 5.97 Å². The van der Waals surface area contributed by atoms with Gasteiger partial charge < -0.3 is 20.2 Å². The van der Waals surface area contributed by atoms with Crippen LogP contribution < -0.4 is 10.6 Å². The molecule has 7 nitrogen and oxygen atoms in total. The van der Waals surface area contributed by atoms with Crippen LogP contribution in [-0.4, -0.2) is 35.0 Å². The Morgan fingerprint density at radius 2 is 1.89 bits per heavy atom. The monoisotopic (exact) mass is 254 g/mol. The second kappa shape index (κ2) is 5.85. The van der Waals surface area contributed by atoms with Gasteiger partial charge in [0.05, 0.1) is 6.26 Å². The number of carboxylic acids is 1. The van der Waals surface area contributed by atoms with Crippen LogP contribution in [0.25, 0.3) is 0 Å². The molecule has 0 spiro atoms. The molecule has 0 aromatic carbocycles. The largest absolute Gasteiger partial charge is 0.480 e. The molecule has 0 saturated heterocycles. The second-order valence-electron chi connectivity index (χ2n) is 3.74. The fourth-order valence-electron chi connectivity index (χ4n) is 1.14. The molecule has 7 heteroatoms. The van der Waals surface area contributed by atoms with Crippen LogP contribution in [0.4, 0.5) is 0 Å². The summed E-state index contributed by atoms with van der Waals surface area (Å²) in [6.45, 7) is 2.78. The number of aliphatic carboxylic acids is 1. The molecule has 2 amide bonds. The van der Waals surface area contributed by atoms with Crippen LogP contribution in [0.15, 0.2) is 22.8 Å². The van der Waals surface area contributed by atoms with Gasteiger partial charge in [-0.15, -0.1) is 0 Å². The maximum absolute atomic E-state index is 11.5. The van der Waals surface area contributed by atoms with Crippen molar-refractivity contribution in [2.45, 2.75) is 25.9 Å². The fraction of sp³-hybridized carbons (Fsp3) is 0.364. The van der Waals surface area contributed by atoms with E-state index >= 15 is 0 Å². The second-order valence-corrected chi connectivity index (χ2v) is 3.74. The van der Waals surface area contributed by atoms with E-state index in [0.29, 0.717) is 0 Å². The lowest BCUT2D eigenvalue weighted by Gasteiger charge is -2.15. The van der Waals surface area contributed by atoms with Crippen LogP contribution in [0.1, 0.15) is 24.4 Å². The molecule has 0 aliphatic heterocycles. The van der Waals surface area contributed by atoms with Crippen LogP contribution in [-0.2, 0) is 9.59 Å². The smallest absolute Gasteiger partial charge is 0.325 e. The van der Waals surface area contributed by atoms with Crippen molar-refractivity contribution in [2.24, 2.45) is 0 Å². The summed E-state index contributed by atoms with van der Waals surface area (Å²) < 4.78 is 4.86. The van der Waals surface area contributed by atoms with Crippen LogP contribution in [0.2, 0.25) is 0 Å². The topological polar surface area (TPSA) is 109 Å². The Morgan fingerprint density at radius 1 is 1.22 bits per heavy atom. The van der Waals surface area contributed by atoms with Crippen molar-refractivity contribution in [1.29, 1.82) is 0 Å². The normalized spacial score (nSPS) is 13.4. The molecule has 3 N–H and O–H groups in total. The van der Waals surface area contributed by atoms with Gasteiger partial charge in [-0.2, -0.15) is 0 Å². The number of carbonyl (C=O) groups excluding carboxylic acids is 2. The Hall–Kier alpha value is -2.31. The van der Waals surface area contributed by atoms with Crippen LogP contribution in [0.3, 0.4) is 0 Å². The lowest BCUT2D eigenvalue weighted by Crippen LogP contribution is -2.49. The van der Waals surface area contributed by atoms with Gasteiger partial charge in [0.2, 0.25) is 5.91 Å². The van der Waals surface area contributed by atoms with E-state index in [1.165, 1.54) is 26.2 Å². The summed E-state index contributed by atoms with van der Waals surface area (Å²) in [6, 6.07) is 1.14. The molecular weight excluding hydrogens is 240 g/mol. The number of furan rings is 1. The van der Waals surface area contributed by atoms with E-state index < -0.39 is 29.9 Å². The zero-order valence-electron chi connectivity index (χ0n) is 9.97. The Kier molecular flexibility index (Phi) is 4.47. The number of hydrogen-bond acceptors (Lipinski definition) is 4. The zero-order valence-corrected chi connectivity index (χ0v) is 9.97. The van der Waals surface area contributed by atoms with E-state index in [1.807, 2.05) is 0 Å². The minimum atomic E-state index is -1.15. The van der Waals surface area contributed by atoms with E-state index in [-0.39, 0.29) is 5.76 Å². The molecule has 0 fully saturated rings. The Morgan fingerprint density at radius 3 is 2.39 bits per heavy atom. The molecule has 1 aromatic rings. The Bertz CT molecular complexity index is 440. The van der Waals surface area contributed by atoms with Gasteiger partial charge in [0.15, 0.2) is 5.76 Å². The molecule has 0 radical (unpaired) electrons. The Labute approximate surface area is 103 Å². The molecule has 0 saturated carbocycles. The van der Waals surface area contributed by atoms with Gasteiger partial charge in [0.1, 0.15) is 12.1 Å². The summed E-state index contributed by atoms with van der Waals surface area (Å²) in [5, 5.41) is 13.3. The van der Waals surface area contributed by atoms with E-state index in [2.05, 4.69) is 10.6 Å². The Balaban J connectivity index is 2.50. The highest BCUT2D eigenvalue weighted by atomic mass is 16.4. The number of carbonyl (C=O) groups is 3. The van der Waals surface area contributed by atoms with Gasteiger partial charge in [-0.1, -0.05) is 0 Å². The number of hydrogen-bond donors (Lipinski definition) is 3. The molecule has 0 aliphatic rings. The summed E-state index contributed by atoms with van der Waals surface area (Å²) in [5.74, 6) is -2.18. The van der Waals surface area contributed by atoms with Gasteiger partial charge in [-0.25, -0.2) is 0 Å². The molecule has 1 unspecified atom stereocenters. The van der Waals surface area contributed by atoms with Crippen molar-refractivity contribution in [2.75, 3.05) is 0 Å². The molecule has 1 aromatic heterocycles.